The lowest BCUT2D eigenvalue weighted by Gasteiger charge is -2.29. The summed E-state index contributed by atoms with van der Waals surface area (Å²) in [4.78, 5) is 11.7. The first-order chi connectivity index (χ1) is 8.35. The Kier molecular flexibility index (Phi) is 4.02. The third kappa shape index (κ3) is 3.48. The molecule has 2 nitrogen and oxygen atoms in total. The van der Waals surface area contributed by atoms with Crippen LogP contribution in [-0.4, -0.2) is 5.78 Å². The van der Waals surface area contributed by atoms with Crippen molar-refractivity contribution >= 4 is 45.7 Å². The molecule has 0 heterocycles. The Morgan fingerprint density at radius 2 is 2.06 bits per heavy atom. The highest BCUT2D eigenvalue weighted by Gasteiger charge is 2.27. The highest BCUT2D eigenvalue weighted by atomic mass is 127. The zero-order chi connectivity index (χ0) is 13.3. The molecule has 0 unspecified atom stereocenters. The molecule has 0 radical (unpaired) electrons. The van der Waals surface area contributed by atoms with E-state index in [1.165, 1.54) is 0 Å². The smallest absolute Gasteiger partial charge is 0.157 e. The summed E-state index contributed by atoms with van der Waals surface area (Å²) in [5.41, 5.74) is 1.92. The summed E-state index contributed by atoms with van der Waals surface area (Å²) in [5.74, 6) is 0.186. The minimum Gasteiger partial charge on any atom is -0.359 e. The Morgan fingerprint density at radius 1 is 1.33 bits per heavy atom. The van der Waals surface area contributed by atoms with Gasteiger partial charge in [0.25, 0.3) is 0 Å². The molecule has 0 aromatic heterocycles. The molecule has 96 valence electrons. The van der Waals surface area contributed by atoms with E-state index >= 15 is 0 Å². The van der Waals surface area contributed by atoms with Crippen LogP contribution in [0.1, 0.15) is 26.7 Å². The molecule has 1 aliphatic carbocycles. The molecule has 0 saturated carbocycles. The number of hydrogen-bond donors (Lipinski definition) is 1. The number of hydrogen-bond acceptors (Lipinski definition) is 2. The normalized spacial score (nSPS) is 18.4. The molecule has 2 rings (SSSR count). The molecule has 1 aromatic rings. The molecule has 4 heteroatoms. The highest BCUT2D eigenvalue weighted by molar-refractivity contribution is 14.1. The largest absolute Gasteiger partial charge is 0.359 e. The van der Waals surface area contributed by atoms with Crippen LogP contribution < -0.4 is 5.32 Å². The van der Waals surface area contributed by atoms with Crippen LogP contribution >= 0.6 is 34.2 Å². The van der Waals surface area contributed by atoms with Gasteiger partial charge in [-0.25, -0.2) is 0 Å². The second kappa shape index (κ2) is 5.21. The SMILES string of the molecule is CC1(C)CC(=O)C=C(Nc2ccc(I)c(Cl)c2)C1. The van der Waals surface area contributed by atoms with Crippen LogP contribution in [0.15, 0.2) is 30.0 Å². The number of rotatable bonds is 2. The van der Waals surface area contributed by atoms with Gasteiger partial charge in [0.05, 0.1) is 5.02 Å². The van der Waals surface area contributed by atoms with E-state index in [4.69, 9.17) is 11.6 Å². The maximum absolute atomic E-state index is 11.7. The molecule has 0 saturated heterocycles. The standard InChI is InChI=1S/C14H15ClINO/c1-14(2)7-10(5-11(18)8-14)17-9-3-4-13(16)12(15)6-9/h3-6,17H,7-8H2,1-2H3. The van der Waals surface area contributed by atoms with E-state index in [9.17, 15) is 4.79 Å². The quantitative estimate of drug-likeness (QED) is 0.764. The first-order valence-electron chi connectivity index (χ1n) is 5.81. The average molecular weight is 376 g/mol. The topological polar surface area (TPSA) is 29.1 Å². The van der Waals surface area contributed by atoms with Gasteiger partial charge in [0.2, 0.25) is 0 Å². The summed E-state index contributed by atoms with van der Waals surface area (Å²) in [6.45, 7) is 4.22. The zero-order valence-electron chi connectivity index (χ0n) is 10.4. The monoisotopic (exact) mass is 375 g/mol. The number of carbonyl (C=O) groups is 1. The maximum atomic E-state index is 11.7. The molecule has 0 amide bonds. The van der Waals surface area contributed by atoms with Gasteiger partial charge in [-0.3, -0.25) is 4.79 Å². The number of ketones is 1. The van der Waals surface area contributed by atoms with Crippen molar-refractivity contribution in [2.24, 2.45) is 5.41 Å². The van der Waals surface area contributed by atoms with E-state index in [1.807, 2.05) is 18.2 Å². The van der Waals surface area contributed by atoms with Crippen molar-refractivity contribution in [2.75, 3.05) is 5.32 Å². The van der Waals surface area contributed by atoms with Gasteiger partial charge in [0.15, 0.2) is 5.78 Å². The van der Waals surface area contributed by atoms with Gasteiger partial charge in [0, 0.05) is 27.5 Å². The van der Waals surface area contributed by atoms with Crippen LogP contribution in [0, 0.1) is 8.99 Å². The summed E-state index contributed by atoms with van der Waals surface area (Å²) in [5, 5.41) is 4.01. The fourth-order valence-electron chi connectivity index (χ4n) is 2.19. The molecular weight excluding hydrogens is 361 g/mol. The Labute approximate surface area is 126 Å². The molecule has 0 spiro atoms. The van der Waals surface area contributed by atoms with Crippen LogP contribution in [0.3, 0.4) is 0 Å². The highest BCUT2D eigenvalue weighted by Crippen LogP contribution is 2.34. The van der Waals surface area contributed by atoms with Crippen molar-refractivity contribution in [1.82, 2.24) is 0 Å². The summed E-state index contributed by atoms with van der Waals surface area (Å²) in [7, 11) is 0. The summed E-state index contributed by atoms with van der Waals surface area (Å²) in [6, 6.07) is 5.82. The summed E-state index contributed by atoms with van der Waals surface area (Å²) >= 11 is 8.27. The fraction of sp³-hybridized carbons (Fsp3) is 0.357. The lowest BCUT2D eigenvalue weighted by atomic mass is 9.79. The molecule has 18 heavy (non-hydrogen) atoms. The van der Waals surface area contributed by atoms with Crippen LogP contribution in [0.5, 0.6) is 0 Å². The molecule has 1 aromatic carbocycles. The molecule has 0 fully saturated rings. The van der Waals surface area contributed by atoms with Crippen molar-refractivity contribution in [3.05, 3.63) is 38.6 Å². The van der Waals surface area contributed by atoms with E-state index in [0.717, 1.165) is 26.4 Å². The number of carbonyl (C=O) groups excluding carboxylic acids is 1. The molecule has 1 aliphatic rings. The molecule has 1 N–H and O–H groups in total. The summed E-state index contributed by atoms with van der Waals surface area (Å²) < 4.78 is 1.02. The van der Waals surface area contributed by atoms with E-state index in [0.29, 0.717) is 6.42 Å². The molecule has 0 aliphatic heterocycles. The van der Waals surface area contributed by atoms with Gasteiger partial charge in [0.1, 0.15) is 0 Å². The first kappa shape index (κ1) is 13.9. The number of benzene rings is 1. The van der Waals surface area contributed by atoms with Gasteiger partial charge < -0.3 is 5.32 Å². The Morgan fingerprint density at radius 3 is 2.67 bits per heavy atom. The van der Waals surface area contributed by atoms with Crippen LogP contribution in [-0.2, 0) is 4.79 Å². The van der Waals surface area contributed by atoms with Gasteiger partial charge in [-0.2, -0.15) is 0 Å². The van der Waals surface area contributed by atoms with E-state index in [-0.39, 0.29) is 11.2 Å². The summed E-state index contributed by atoms with van der Waals surface area (Å²) in [6.07, 6.45) is 3.20. The van der Waals surface area contributed by atoms with Crippen molar-refractivity contribution in [3.63, 3.8) is 0 Å². The predicted octanol–water partition coefficient (Wildman–Crippen LogP) is 4.63. The second-order valence-corrected chi connectivity index (χ2v) is 6.98. The number of allylic oxidation sites excluding steroid dienone is 2. The van der Waals surface area contributed by atoms with Crippen LogP contribution in [0.2, 0.25) is 5.02 Å². The molecule has 0 atom stereocenters. The third-order valence-corrected chi connectivity index (χ3v) is 4.45. The van der Waals surface area contributed by atoms with Gasteiger partial charge in [-0.05, 0) is 52.6 Å². The minimum absolute atomic E-state index is 0.0289. The van der Waals surface area contributed by atoms with Crippen molar-refractivity contribution in [3.8, 4) is 0 Å². The van der Waals surface area contributed by atoms with E-state index in [1.54, 1.807) is 6.08 Å². The van der Waals surface area contributed by atoms with Crippen LogP contribution in [0.4, 0.5) is 5.69 Å². The second-order valence-electron chi connectivity index (χ2n) is 5.41. The van der Waals surface area contributed by atoms with E-state index in [2.05, 4.69) is 41.8 Å². The van der Waals surface area contributed by atoms with Crippen molar-refractivity contribution < 1.29 is 4.79 Å². The van der Waals surface area contributed by atoms with Gasteiger partial charge in [-0.1, -0.05) is 25.4 Å². The van der Waals surface area contributed by atoms with Crippen molar-refractivity contribution in [1.29, 1.82) is 0 Å². The fourth-order valence-corrected chi connectivity index (χ4v) is 2.70. The van der Waals surface area contributed by atoms with E-state index < -0.39 is 0 Å². The van der Waals surface area contributed by atoms with Crippen molar-refractivity contribution in [2.45, 2.75) is 26.7 Å². The molecule has 0 bridgehead atoms. The first-order valence-corrected chi connectivity index (χ1v) is 7.27. The average Bonchev–Trinajstić information content (AvgIpc) is 2.20. The number of halogens is 2. The number of nitrogens with one attached hydrogen (secondary N) is 1. The maximum Gasteiger partial charge on any atom is 0.157 e. The zero-order valence-corrected chi connectivity index (χ0v) is 13.3. The molecular formula is C14H15ClINO. The van der Waals surface area contributed by atoms with Crippen LogP contribution in [0.25, 0.3) is 0 Å². The lowest BCUT2D eigenvalue weighted by molar-refractivity contribution is -0.117. The Hall–Kier alpha value is -0.550. The number of anilines is 1. The minimum atomic E-state index is 0.0289. The Bertz CT molecular complexity index is 523. The van der Waals surface area contributed by atoms with Gasteiger partial charge in [-0.15, -0.1) is 0 Å². The lowest BCUT2D eigenvalue weighted by Crippen LogP contribution is -2.24. The predicted molar refractivity (Wildman–Crippen MR) is 83.9 cm³/mol. The third-order valence-electron chi connectivity index (χ3n) is 2.88. The van der Waals surface area contributed by atoms with Gasteiger partial charge >= 0.3 is 0 Å². The Balaban J connectivity index is 2.18.